The van der Waals surface area contributed by atoms with Crippen molar-refractivity contribution >= 4 is 51.1 Å². The van der Waals surface area contributed by atoms with Gasteiger partial charge in [0.05, 0.1) is 18.4 Å². The normalized spacial score (nSPS) is 10.7. The highest BCUT2D eigenvalue weighted by atomic mass is 127. The largest absolute Gasteiger partial charge is 0.464 e. The van der Waals surface area contributed by atoms with E-state index in [1.807, 2.05) is 44.2 Å². The molecule has 2 aromatic carbocycles. The van der Waals surface area contributed by atoms with Crippen LogP contribution in [0.1, 0.15) is 16.7 Å². The number of esters is 1. The van der Waals surface area contributed by atoms with Crippen molar-refractivity contribution in [2.75, 3.05) is 11.9 Å². The molecule has 0 fully saturated rings. The fourth-order valence-electron chi connectivity index (χ4n) is 2.57. The fraction of sp³-hybridized carbons (Fsp3) is 0.200. The minimum Gasteiger partial charge on any atom is -0.464 e. The summed E-state index contributed by atoms with van der Waals surface area (Å²) in [6.45, 7) is 3.70. The zero-order chi connectivity index (χ0) is 18.7. The summed E-state index contributed by atoms with van der Waals surface area (Å²) in [6.07, 6.45) is 1.63. The van der Waals surface area contributed by atoms with Gasteiger partial charge in [-0.3, -0.25) is 9.59 Å². The van der Waals surface area contributed by atoms with Crippen LogP contribution in [0, 0.1) is 17.4 Å². The number of halogens is 1. The Balaban J connectivity index is 1.58. The van der Waals surface area contributed by atoms with Crippen LogP contribution in [0.25, 0.3) is 11.0 Å². The summed E-state index contributed by atoms with van der Waals surface area (Å²) in [6, 6.07) is 11.3. The van der Waals surface area contributed by atoms with Gasteiger partial charge >= 0.3 is 5.97 Å². The molecule has 134 valence electrons. The molecule has 6 heteroatoms. The Bertz CT molecular complexity index is 977. The van der Waals surface area contributed by atoms with Crippen LogP contribution in [-0.4, -0.2) is 18.5 Å². The van der Waals surface area contributed by atoms with E-state index < -0.39 is 5.97 Å². The molecule has 0 saturated carbocycles. The van der Waals surface area contributed by atoms with Crippen LogP contribution in [-0.2, 0) is 20.7 Å². The maximum absolute atomic E-state index is 12.1. The van der Waals surface area contributed by atoms with Gasteiger partial charge in [-0.1, -0.05) is 12.1 Å². The van der Waals surface area contributed by atoms with Gasteiger partial charge in [0.25, 0.3) is 5.91 Å². The molecule has 0 radical (unpaired) electrons. The Hall–Kier alpha value is -2.35. The minimum atomic E-state index is -0.469. The number of fused-ring (bicyclic) bond motifs is 1. The molecule has 5 nitrogen and oxygen atoms in total. The van der Waals surface area contributed by atoms with Gasteiger partial charge in [-0.2, -0.15) is 0 Å². The number of furan rings is 1. The third-order valence-electron chi connectivity index (χ3n) is 4.12. The van der Waals surface area contributed by atoms with E-state index in [0.717, 1.165) is 31.2 Å². The maximum Gasteiger partial charge on any atom is 0.310 e. The Labute approximate surface area is 164 Å². The monoisotopic (exact) mass is 463 g/mol. The number of hydrogen-bond donors (Lipinski definition) is 1. The second-order valence-corrected chi connectivity index (χ2v) is 7.22. The van der Waals surface area contributed by atoms with E-state index in [9.17, 15) is 9.59 Å². The molecule has 0 spiro atoms. The van der Waals surface area contributed by atoms with Gasteiger partial charge < -0.3 is 14.5 Å². The van der Waals surface area contributed by atoms with Crippen molar-refractivity contribution in [3.05, 3.63) is 62.9 Å². The van der Waals surface area contributed by atoms with Crippen LogP contribution in [0.15, 0.2) is 47.1 Å². The van der Waals surface area contributed by atoms with Crippen LogP contribution in [0.5, 0.6) is 0 Å². The number of hydrogen-bond acceptors (Lipinski definition) is 4. The number of nitrogens with one attached hydrogen (secondary N) is 1. The van der Waals surface area contributed by atoms with E-state index in [-0.39, 0.29) is 18.9 Å². The molecule has 0 unspecified atom stereocenters. The minimum absolute atomic E-state index is 0.0612. The van der Waals surface area contributed by atoms with E-state index in [4.69, 9.17) is 9.15 Å². The van der Waals surface area contributed by atoms with Gasteiger partial charge in [-0.15, -0.1) is 0 Å². The van der Waals surface area contributed by atoms with E-state index in [1.54, 1.807) is 12.3 Å². The lowest BCUT2D eigenvalue weighted by atomic mass is 10.0. The maximum atomic E-state index is 12.1. The van der Waals surface area contributed by atoms with Crippen molar-refractivity contribution in [3.63, 3.8) is 0 Å². The molecular weight excluding hydrogens is 445 g/mol. The van der Waals surface area contributed by atoms with Crippen molar-refractivity contribution in [1.29, 1.82) is 0 Å². The Morgan fingerprint density at radius 1 is 1.15 bits per heavy atom. The highest BCUT2D eigenvalue weighted by Gasteiger charge is 2.14. The lowest BCUT2D eigenvalue weighted by Crippen LogP contribution is -2.22. The summed E-state index contributed by atoms with van der Waals surface area (Å²) < 4.78 is 11.5. The topological polar surface area (TPSA) is 68.5 Å². The van der Waals surface area contributed by atoms with Crippen LogP contribution < -0.4 is 5.32 Å². The first kappa shape index (κ1) is 18.4. The lowest BCUT2D eigenvalue weighted by molar-refractivity contribution is -0.146. The highest BCUT2D eigenvalue weighted by Crippen LogP contribution is 2.25. The van der Waals surface area contributed by atoms with Gasteiger partial charge in [0.2, 0.25) is 0 Å². The molecule has 1 N–H and O–H groups in total. The Kier molecular flexibility index (Phi) is 5.61. The van der Waals surface area contributed by atoms with Crippen LogP contribution >= 0.6 is 22.6 Å². The first-order valence-corrected chi connectivity index (χ1v) is 9.19. The lowest BCUT2D eigenvalue weighted by Gasteiger charge is -2.08. The van der Waals surface area contributed by atoms with Crippen LogP contribution in [0.2, 0.25) is 0 Å². The first-order valence-electron chi connectivity index (χ1n) is 8.11. The standard InChI is InChI=1S/C20H18INO4/c1-12-7-15-14(10-25-18(15)8-13(12)2)9-20(24)26-11-19(23)22-17-6-4-3-5-16(17)21/h3-8,10H,9,11H2,1-2H3,(H,22,23). The van der Waals surface area contributed by atoms with Crippen LogP contribution in [0.3, 0.4) is 0 Å². The van der Waals surface area contributed by atoms with Crippen LogP contribution in [0.4, 0.5) is 5.69 Å². The number of carbonyl (C=O) groups excluding carboxylic acids is 2. The van der Waals surface area contributed by atoms with Crippen molar-refractivity contribution in [2.24, 2.45) is 0 Å². The van der Waals surface area contributed by atoms with Crippen molar-refractivity contribution in [2.45, 2.75) is 20.3 Å². The molecule has 0 atom stereocenters. The number of para-hydroxylation sites is 1. The second-order valence-electron chi connectivity index (χ2n) is 6.06. The average Bonchev–Trinajstić information content (AvgIpc) is 2.97. The summed E-state index contributed by atoms with van der Waals surface area (Å²) in [5.74, 6) is -0.838. The van der Waals surface area contributed by atoms with E-state index in [0.29, 0.717) is 5.69 Å². The molecule has 1 aromatic heterocycles. The summed E-state index contributed by atoms with van der Waals surface area (Å²) in [4.78, 5) is 24.0. The molecule has 3 rings (SSSR count). The SMILES string of the molecule is Cc1cc2occ(CC(=O)OCC(=O)Nc3ccccc3I)c2cc1C. The summed E-state index contributed by atoms with van der Waals surface area (Å²) >= 11 is 2.13. The smallest absolute Gasteiger partial charge is 0.310 e. The molecule has 26 heavy (non-hydrogen) atoms. The van der Waals surface area contributed by atoms with E-state index in [2.05, 4.69) is 27.9 Å². The molecule has 0 aliphatic carbocycles. The predicted octanol–water partition coefficient (Wildman–Crippen LogP) is 4.38. The van der Waals surface area contributed by atoms with Crippen molar-refractivity contribution in [1.82, 2.24) is 0 Å². The van der Waals surface area contributed by atoms with Gasteiger partial charge in [0, 0.05) is 14.5 Å². The number of anilines is 1. The summed E-state index contributed by atoms with van der Waals surface area (Å²) in [7, 11) is 0. The third-order valence-corrected chi connectivity index (χ3v) is 5.06. The number of aryl methyl sites for hydroxylation is 2. The average molecular weight is 463 g/mol. The zero-order valence-electron chi connectivity index (χ0n) is 14.5. The van der Waals surface area contributed by atoms with Crippen molar-refractivity contribution in [3.8, 4) is 0 Å². The molecule has 1 heterocycles. The van der Waals surface area contributed by atoms with Gasteiger partial charge in [-0.05, 0) is 71.8 Å². The quantitative estimate of drug-likeness (QED) is 0.451. The summed E-state index contributed by atoms with van der Waals surface area (Å²) in [5, 5.41) is 3.62. The molecular formula is C20H18INO4. The van der Waals surface area contributed by atoms with Gasteiger partial charge in [-0.25, -0.2) is 0 Å². The molecule has 1 amide bonds. The van der Waals surface area contributed by atoms with Crippen molar-refractivity contribution < 1.29 is 18.7 Å². The van der Waals surface area contributed by atoms with Gasteiger partial charge in [0.15, 0.2) is 6.61 Å². The first-order chi connectivity index (χ1) is 12.4. The number of rotatable bonds is 5. The molecule has 0 aliphatic heterocycles. The number of amides is 1. The zero-order valence-corrected chi connectivity index (χ0v) is 16.6. The molecule has 3 aromatic rings. The summed E-state index contributed by atoms with van der Waals surface area (Å²) in [5.41, 5.74) is 4.46. The predicted molar refractivity (Wildman–Crippen MR) is 108 cm³/mol. The third kappa shape index (κ3) is 4.24. The Morgan fingerprint density at radius 3 is 2.65 bits per heavy atom. The number of benzene rings is 2. The van der Waals surface area contributed by atoms with E-state index in [1.165, 1.54) is 0 Å². The van der Waals surface area contributed by atoms with Gasteiger partial charge in [0.1, 0.15) is 5.58 Å². The number of ether oxygens (including phenoxy) is 1. The molecule has 0 aliphatic rings. The second kappa shape index (κ2) is 7.90. The Morgan fingerprint density at radius 2 is 1.88 bits per heavy atom. The molecule has 0 saturated heterocycles. The molecule has 0 bridgehead atoms. The number of carbonyl (C=O) groups is 2. The highest BCUT2D eigenvalue weighted by molar-refractivity contribution is 14.1. The fourth-order valence-corrected chi connectivity index (χ4v) is 3.10. The van der Waals surface area contributed by atoms with E-state index >= 15 is 0 Å².